The number of amides is 1. The zero-order chi connectivity index (χ0) is 18.6. The maximum atomic E-state index is 13.0. The van der Waals surface area contributed by atoms with Gasteiger partial charge in [0.2, 0.25) is 0 Å². The Kier molecular flexibility index (Phi) is 5.07. The van der Waals surface area contributed by atoms with Crippen molar-refractivity contribution in [2.45, 2.75) is 0 Å². The van der Waals surface area contributed by atoms with Crippen molar-refractivity contribution in [3.05, 3.63) is 66.2 Å². The largest absolute Gasteiger partial charge is 0.451 e. The molecule has 0 aliphatic carbocycles. The average Bonchev–Trinajstić information content (AvgIpc) is 3.14. The van der Waals surface area contributed by atoms with Crippen molar-refractivity contribution in [1.82, 2.24) is 10.2 Å². The maximum absolute atomic E-state index is 13.0. The van der Waals surface area contributed by atoms with Crippen molar-refractivity contribution in [2.24, 2.45) is 0 Å². The number of carbonyl (C=O) groups excluding carboxylic acids is 1. The molecule has 1 amide bonds. The summed E-state index contributed by atoms with van der Waals surface area (Å²) in [6.07, 6.45) is 0. The molecular weight excluding hydrogens is 345 g/mol. The van der Waals surface area contributed by atoms with E-state index >= 15 is 0 Å². The van der Waals surface area contributed by atoms with Gasteiger partial charge in [-0.05, 0) is 36.4 Å². The molecule has 1 aliphatic heterocycles. The van der Waals surface area contributed by atoms with E-state index < -0.39 is 0 Å². The van der Waals surface area contributed by atoms with Crippen LogP contribution in [0.3, 0.4) is 0 Å². The lowest BCUT2D eigenvalue weighted by molar-refractivity contribution is 0.0922. The van der Waals surface area contributed by atoms with Crippen molar-refractivity contribution in [1.29, 1.82) is 0 Å². The van der Waals surface area contributed by atoms with Crippen molar-refractivity contribution in [3.63, 3.8) is 0 Å². The van der Waals surface area contributed by atoms with E-state index in [2.05, 4.69) is 15.1 Å². The highest BCUT2D eigenvalue weighted by molar-refractivity contribution is 5.96. The van der Waals surface area contributed by atoms with E-state index in [4.69, 9.17) is 4.42 Å². The highest BCUT2D eigenvalue weighted by Crippen LogP contribution is 2.19. The minimum atomic E-state index is -0.211. The SMILES string of the molecule is O=C(NCCN1CCN(c2ccc(F)cc2)CC1)c1cc2ccccc2o1. The third-order valence-electron chi connectivity index (χ3n) is 4.93. The van der Waals surface area contributed by atoms with Crippen LogP contribution in [0.2, 0.25) is 0 Å². The second-order valence-corrected chi connectivity index (χ2v) is 6.71. The van der Waals surface area contributed by atoms with Crippen LogP contribution < -0.4 is 10.2 Å². The zero-order valence-electron chi connectivity index (χ0n) is 15.0. The molecule has 0 bridgehead atoms. The Morgan fingerprint density at radius 1 is 1.04 bits per heavy atom. The highest BCUT2D eigenvalue weighted by Gasteiger charge is 2.18. The maximum Gasteiger partial charge on any atom is 0.287 e. The quantitative estimate of drug-likeness (QED) is 0.753. The number of halogens is 1. The smallest absolute Gasteiger partial charge is 0.287 e. The van der Waals surface area contributed by atoms with E-state index in [1.807, 2.05) is 36.4 Å². The van der Waals surface area contributed by atoms with Crippen LogP contribution in [-0.2, 0) is 0 Å². The molecule has 1 aliphatic rings. The number of rotatable bonds is 5. The van der Waals surface area contributed by atoms with Gasteiger partial charge in [-0.25, -0.2) is 4.39 Å². The Bertz CT molecular complexity index is 882. The summed E-state index contributed by atoms with van der Waals surface area (Å²) in [6, 6.07) is 16.0. The number of benzene rings is 2. The number of furan rings is 1. The number of nitrogens with one attached hydrogen (secondary N) is 1. The minimum absolute atomic E-state index is 0.184. The Morgan fingerprint density at radius 3 is 2.52 bits per heavy atom. The lowest BCUT2D eigenvalue weighted by Gasteiger charge is -2.36. The Morgan fingerprint density at radius 2 is 1.78 bits per heavy atom. The van der Waals surface area contributed by atoms with Crippen LogP contribution >= 0.6 is 0 Å². The number of nitrogens with zero attached hydrogens (tertiary/aromatic N) is 2. The first kappa shape index (κ1) is 17.5. The van der Waals surface area contributed by atoms with E-state index in [1.54, 1.807) is 6.07 Å². The van der Waals surface area contributed by atoms with Gasteiger partial charge in [-0.3, -0.25) is 9.69 Å². The molecule has 1 N–H and O–H groups in total. The van der Waals surface area contributed by atoms with Crippen LogP contribution in [0.25, 0.3) is 11.0 Å². The molecular formula is C21H22FN3O2. The summed E-state index contributed by atoms with van der Waals surface area (Å²) >= 11 is 0. The van der Waals surface area contributed by atoms with Gasteiger partial charge in [-0.1, -0.05) is 18.2 Å². The van der Waals surface area contributed by atoms with Crippen LogP contribution in [0.4, 0.5) is 10.1 Å². The summed E-state index contributed by atoms with van der Waals surface area (Å²) in [5.74, 6) is -0.0499. The summed E-state index contributed by atoms with van der Waals surface area (Å²) in [5.41, 5.74) is 1.77. The Balaban J connectivity index is 1.23. The fraction of sp³-hybridized carbons (Fsp3) is 0.286. The van der Waals surface area contributed by atoms with Gasteiger partial charge >= 0.3 is 0 Å². The van der Waals surface area contributed by atoms with Gasteiger partial charge in [0.1, 0.15) is 11.4 Å². The number of carbonyl (C=O) groups is 1. The molecule has 1 fully saturated rings. The monoisotopic (exact) mass is 367 g/mol. The molecule has 5 nitrogen and oxygen atoms in total. The highest BCUT2D eigenvalue weighted by atomic mass is 19.1. The molecule has 2 heterocycles. The number of hydrogen-bond donors (Lipinski definition) is 1. The van der Waals surface area contributed by atoms with Crippen molar-refractivity contribution >= 4 is 22.6 Å². The zero-order valence-corrected chi connectivity index (χ0v) is 15.0. The normalized spacial score (nSPS) is 15.2. The van der Waals surface area contributed by atoms with E-state index in [0.29, 0.717) is 12.3 Å². The fourth-order valence-electron chi connectivity index (χ4n) is 3.39. The van der Waals surface area contributed by atoms with Crippen molar-refractivity contribution in [2.75, 3.05) is 44.2 Å². The molecule has 140 valence electrons. The first-order valence-electron chi connectivity index (χ1n) is 9.19. The van der Waals surface area contributed by atoms with Crippen LogP contribution in [-0.4, -0.2) is 50.1 Å². The lowest BCUT2D eigenvalue weighted by atomic mass is 10.2. The summed E-state index contributed by atoms with van der Waals surface area (Å²) < 4.78 is 18.6. The van der Waals surface area contributed by atoms with Gasteiger partial charge < -0.3 is 14.6 Å². The summed E-state index contributed by atoms with van der Waals surface area (Å²) in [4.78, 5) is 16.8. The number of piperazine rings is 1. The number of anilines is 1. The van der Waals surface area contributed by atoms with E-state index in [0.717, 1.165) is 49.4 Å². The molecule has 27 heavy (non-hydrogen) atoms. The molecule has 1 aromatic heterocycles. The molecule has 0 spiro atoms. The average molecular weight is 367 g/mol. The van der Waals surface area contributed by atoms with Gasteiger partial charge in [0, 0.05) is 50.3 Å². The van der Waals surface area contributed by atoms with Crippen LogP contribution in [0.15, 0.2) is 59.0 Å². The molecule has 0 radical (unpaired) electrons. The van der Waals surface area contributed by atoms with Crippen LogP contribution in [0, 0.1) is 5.82 Å². The second kappa shape index (κ2) is 7.80. The standard InChI is InChI=1S/C21H22FN3O2/c22-17-5-7-18(8-6-17)25-13-11-24(12-14-25)10-9-23-21(26)20-15-16-3-1-2-4-19(16)27-20/h1-8,15H,9-14H2,(H,23,26). The molecule has 4 rings (SSSR count). The van der Waals surface area contributed by atoms with Gasteiger partial charge in [-0.15, -0.1) is 0 Å². The van der Waals surface area contributed by atoms with E-state index in [9.17, 15) is 9.18 Å². The topological polar surface area (TPSA) is 48.7 Å². The first-order chi connectivity index (χ1) is 13.2. The number of fused-ring (bicyclic) bond motifs is 1. The predicted octanol–water partition coefficient (Wildman–Crippen LogP) is 3.12. The predicted molar refractivity (Wildman–Crippen MR) is 104 cm³/mol. The summed E-state index contributed by atoms with van der Waals surface area (Å²) in [5, 5.41) is 3.86. The van der Waals surface area contributed by atoms with E-state index in [1.165, 1.54) is 12.1 Å². The molecule has 2 aromatic carbocycles. The van der Waals surface area contributed by atoms with Crippen LogP contribution in [0.5, 0.6) is 0 Å². The summed E-state index contributed by atoms with van der Waals surface area (Å²) in [7, 11) is 0. The Hall–Kier alpha value is -2.86. The van der Waals surface area contributed by atoms with Gasteiger partial charge in [0.05, 0.1) is 0 Å². The third-order valence-corrected chi connectivity index (χ3v) is 4.93. The molecule has 0 saturated carbocycles. The van der Waals surface area contributed by atoms with Crippen molar-refractivity contribution in [3.8, 4) is 0 Å². The molecule has 6 heteroatoms. The molecule has 0 unspecified atom stereocenters. The van der Waals surface area contributed by atoms with Crippen molar-refractivity contribution < 1.29 is 13.6 Å². The molecule has 1 saturated heterocycles. The second-order valence-electron chi connectivity index (χ2n) is 6.71. The van der Waals surface area contributed by atoms with Gasteiger partial charge in [0.15, 0.2) is 5.76 Å². The number of para-hydroxylation sites is 1. The van der Waals surface area contributed by atoms with Crippen LogP contribution in [0.1, 0.15) is 10.6 Å². The fourth-order valence-corrected chi connectivity index (χ4v) is 3.39. The molecule has 0 atom stereocenters. The minimum Gasteiger partial charge on any atom is -0.451 e. The Labute approximate surface area is 157 Å². The number of hydrogen-bond acceptors (Lipinski definition) is 4. The van der Waals surface area contributed by atoms with E-state index in [-0.39, 0.29) is 11.7 Å². The first-order valence-corrected chi connectivity index (χ1v) is 9.19. The third kappa shape index (κ3) is 4.11. The summed E-state index contributed by atoms with van der Waals surface area (Å²) in [6.45, 7) is 4.98. The molecule has 3 aromatic rings. The van der Waals surface area contributed by atoms with Gasteiger partial charge in [0.25, 0.3) is 5.91 Å². The van der Waals surface area contributed by atoms with Gasteiger partial charge in [-0.2, -0.15) is 0 Å². The lowest BCUT2D eigenvalue weighted by Crippen LogP contribution is -2.48.